The average Bonchev–Trinajstić information content (AvgIpc) is 2.76. The van der Waals surface area contributed by atoms with Gasteiger partial charge >= 0.3 is 5.97 Å². The van der Waals surface area contributed by atoms with Gasteiger partial charge in [0.1, 0.15) is 17.2 Å². The Morgan fingerprint density at radius 1 is 1.43 bits per heavy atom. The molecule has 0 unspecified atom stereocenters. The van der Waals surface area contributed by atoms with Crippen LogP contribution < -0.4 is 9.64 Å². The molecule has 0 atom stereocenters. The van der Waals surface area contributed by atoms with Gasteiger partial charge < -0.3 is 14.4 Å². The van der Waals surface area contributed by atoms with Gasteiger partial charge in [0, 0.05) is 12.1 Å². The standard InChI is InChI=1S/C15H16N2O3S/c1-10-13(14(18)19-2)21-15(16-10)17-7-8-20-12-6-4-3-5-11(12)9-17/h3-6H,7-9H2,1-2H3. The number of esters is 1. The first-order chi connectivity index (χ1) is 10.2. The van der Waals surface area contributed by atoms with Crippen LogP contribution in [-0.2, 0) is 11.3 Å². The van der Waals surface area contributed by atoms with E-state index < -0.39 is 0 Å². The number of anilines is 1. The van der Waals surface area contributed by atoms with E-state index in [1.54, 1.807) is 0 Å². The summed E-state index contributed by atoms with van der Waals surface area (Å²) < 4.78 is 10.5. The van der Waals surface area contributed by atoms with E-state index in [0.29, 0.717) is 17.2 Å². The molecule has 6 heteroatoms. The third-order valence-corrected chi connectivity index (χ3v) is 4.58. The SMILES string of the molecule is COC(=O)c1sc(N2CCOc3ccccc3C2)nc1C. The Hall–Kier alpha value is -2.08. The third-order valence-electron chi connectivity index (χ3n) is 3.38. The Morgan fingerprint density at radius 3 is 3.05 bits per heavy atom. The average molecular weight is 304 g/mol. The maximum Gasteiger partial charge on any atom is 0.350 e. The number of aromatic nitrogens is 1. The fourth-order valence-electron chi connectivity index (χ4n) is 2.29. The zero-order valence-corrected chi connectivity index (χ0v) is 12.8. The van der Waals surface area contributed by atoms with Crippen LogP contribution in [0.5, 0.6) is 5.75 Å². The summed E-state index contributed by atoms with van der Waals surface area (Å²) in [5.41, 5.74) is 1.84. The lowest BCUT2D eigenvalue weighted by molar-refractivity contribution is 0.0605. The number of benzene rings is 1. The molecule has 1 aromatic heterocycles. The fourth-order valence-corrected chi connectivity index (χ4v) is 3.30. The molecule has 0 saturated carbocycles. The summed E-state index contributed by atoms with van der Waals surface area (Å²) in [5, 5.41) is 0.827. The number of carbonyl (C=O) groups is 1. The molecule has 21 heavy (non-hydrogen) atoms. The second kappa shape index (κ2) is 5.73. The van der Waals surface area contributed by atoms with Gasteiger partial charge in [0.05, 0.1) is 19.3 Å². The first-order valence-corrected chi connectivity index (χ1v) is 7.52. The van der Waals surface area contributed by atoms with Crippen LogP contribution in [0.4, 0.5) is 5.13 Å². The number of fused-ring (bicyclic) bond motifs is 1. The Kier molecular flexibility index (Phi) is 3.79. The van der Waals surface area contributed by atoms with Crippen LogP contribution in [0.3, 0.4) is 0 Å². The number of hydrogen-bond acceptors (Lipinski definition) is 6. The van der Waals surface area contributed by atoms with Crippen molar-refractivity contribution in [2.75, 3.05) is 25.2 Å². The minimum absolute atomic E-state index is 0.331. The van der Waals surface area contributed by atoms with E-state index in [1.807, 2.05) is 25.1 Å². The predicted molar refractivity (Wildman–Crippen MR) is 81.2 cm³/mol. The first-order valence-electron chi connectivity index (χ1n) is 6.70. The van der Waals surface area contributed by atoms with Gasteiger partial charge in [0.25, 0.3) is 0 Å². The van der Waals surface area contributed by atoms with Crippen LogP contribution in [-0.4, -0.2) is 31.2 Å². The zero-order chi connectivity index (χ0) is 14.8. The van der Waals surface area contributed by atoms with Crippen molar-refractivity contribution in [2.24, 2.45) is 0 Å². The molecule has 0 fully saturated rings. The van der Waals surface area contributed by atoms with Gasteiger partial charge in [0.2, 0.25) is 0 Å². The maximum absolute atomic E-state index is 11.7. The van der Waals surface area contributed by atoms with Crippen molar-refractivity contribution in [2.45, 2.75) is 13.5 Å². The molecule has 1 aliphatic rings. The van der Waals surface area contributed by atoms with Gasteiger partial charge in [-0.2, -0.15) is 0 Å². The minimum atomic E-state index is -0.331. The van der Waals surface area contributed by atoms with Gasteiger partial charge in [-0.1, -0.05) is 29.5 Å². The number of para-hydroxylation sites is 1. The van der Waals surface area contributed by atoms with Crippen molar-refractivity contribution in [1.82, 2.24) is 4.98 Å². The molecule has 0 radical (unpaired) electrons. The van der Waals surface area contributed by atoms with Gasteiger partial charge in [-0.3, -0.25) is 0 Å². The summed E-state index contributed by atoms with van der Waals surface area (Å²) in [6.07, 6.45) is 0. The quantitative estimate of drug-likeness (QED) is 0.798. The molecule has 0 spiro atoms. The molecule has 0 aliphatic carbocycles. The Balaban J connectivity index is 1.89. The van der Waals surface area contributed by atoms with Gasteiger partial charge in [0.15, 0.2) is 5.13 Å². The summed E-state index contributed by atoms with van der Waals surface area (Å²) in [4.78, 5) is 18.9. The van der Waals surface area contributed by atoms with Crippen LogP contribution in [0, 0.1) is 6.92 Å². The number of rotatable bonds is 2. The van der Waals surface area contributed by atoms with Gasteiger partial charge in [-0.15, -0.1) is 0 Å². The van der Waals surface area contributed by atoms with Crippen LogP contribution >= 0.6 is 11.3 Å². The van der Waals surface area contributed by atoms with E-state index >= 15 is 0 Å². The number of ether oxygens (including phenoxy) is 2. The summed E-state index contributed by atoms with van der Waals surface area (Å²) in [7, 11) is 1.39. The topological polar surface area (TPSA) is 51.7 Å². The number of aryl methyl sites for hydroxylation is 1. The van der Waals surface area contributed by atoms with Gasteiger partial charge in [-0.05, 0) is 13.0 Å². The monoisotopic (exact) mass is 304 g/mol. The lowest BCUT2D eigenvalue weighted by Gasteiger charge is -2.18. The van der Waals surface area contributed by atoms with Crippen molar-refractivity contribution in [3.63, 3.8) is 0 Å². The van der Waals surface area contributed by atoms with E-state index in [-0.39, 0.29) is 5.97 Å². The second-order valence-electron chi connectivity index (χ2n) is 4.78. The Labute approximate surface area is 127 Å². The highest BCUT2D eigenvalue weighted by atomic mass is 32.1. The normalized spacial score (nSPS) is 14.1. The molecule has 2 heterocycles. The summed E-state index contributed by atoms with van der Waals surface area (Å²) >= 11 is 1.37. The van der Waals surface area contributed by atoms with Crippen molar-refractivity contribution >= 4 is 22.4 Å². The molecule has 0 saturated heterocycles. The highest BCUT2D eigenvalue weighted by Crippen LogP contribution is 2.30. The largest absolute Gasteiger partial charge is 0.491 e. The molecule has 1 aromatic carbocycles. The summed E-state index contributed by atoms with van der Waals surface area (Å²) in [6, 6.07) is 8.00. The van der Waals surface area contributed by atoms with E-state index in [1.165, 1.54) is 18.4 Å². The van der Waals surface area contributed by atoms with Crippen molar-refractivity contribution in [3.8, 4) is 5.75 Å². The predicted octanol–water partition coefficient (Wildman–Crippen LogP) is 2.64. The molecule has 0 amide bonds. The highest BCUT2D eigenvalue weighted by molar-refractivity contribution is 7.17. The molecule has 0 bridgehead atoms. The molecular weight excluding hydrogens is 288 g/mol. The number of methoxy groups -OCH3 is 1. The highest BCUT2D eigenvalue weighted by Gasteiger charge is 2.22. The van der Waals surface area contributed by atoms with Gasteiger partial charge in [-0.25, -0.2) is 9.78 Å². The third kappa shape index (κ3) is 2.71. The van der Waals surface area contributed by atoms with Crippen LogP contribution in [0.15, 0.2) is 24.3 Å². The molecule has 2 aromatic rings. The van der Waals surface area contributed by atoms with Crippen LogP contribution in [0.2, 0.25) is 0 Å². The second-order valence-corrected chi connectivity index (χ2v) is 5.76. The maximum atomic E-state index is 11.7. The van der Waals surface area contributed by atoms with Crippen LogP contribution in [0.1, 0.15) is 20.9 Å². The Bertz CT molecular complexity index is 669. The number of hydrogen-bond donors (Lipinski definition) is 0. The van der Waals surface area contributed by atoms with E-state index in [9.17, 15) is 4.79 Å². The summed E-state index contributed by atoms with van der Waals surface area (Å²) in [5.74, 6) is 0.587. The molecule has 5 nitrogen and oxygen atoms in total. The molecule has 0 N–H and O–H groups in total. The number of carbonyl (C=O) groups excluding carboxylic acids is 1. The lowest BCUT2D eigenvalue weighted by atomic mass is 10.2. The van der Waals surface area contributed by atoms with Crippen LogP contribution in [0.25, 0.3) is 0 Å². The number of thiazole rings is 1. The Morgan fingerprint density at radius 2 is 2.24 bits per heavy atom. The zero-order valence-electron chi connectivity index (χ0n) is 12.0. The van der Waals surface area contributed by atoms with Crippen molar-refractivity contribution < 1.29 is 14.3 Å². The molecular formula is C15H16N2O3S. The lowest BCUT2D eigenvalue weighted by Crippen LogP contribution is -2.25. The minimum Gasteiger partial charge on any atom is -0.491 e. The van der Waals surface area contributed by atoms with E-state index in [2.05, 4.69) is 16.0 Å². The smallest absolute Gasteiger partial charge is 0.350 e. The van der Waals surface area contributed by atoms with E-state index in [4.69, 9.17) is 9.47 Å². The number of nitrogens with zero attached hydrogens (tertiary/aromatic N) is 2. The first kappa shape index (κ1) is 13.9. The van der Waals surface area contributed by atoms with Crippen molar-refractivity contribution in [3.05, 3.63) is 40.4 Å². The summed E-state index contributed by atoms with van der Waals surface area (Å²) in [6.45, 7) is 3.89. The van der Waals surface area contributed by atoms with E-state index in [0.717, 1.165) is 29.5 Å². The van der Waals surface area contributed by atoms with Crippen molar-refractivity contribution in [1.29, 1.82) is 0 Å². The molecule has 110 valence electrons. The molecule has 3 rings (SSSR count). The molecule has 1 aliphatic heterocycles. The fraction of sp³-hybridized carbons (Fsp3) is 0.333.